The molecule has 3 aliphatic heterocycles. The molecule has 9 heteroatoms. The van der Waals surface area contributed by atoms with Crippen LogP contribution in [0.25, 0.3) is 0 Å². The van der Waals surface area contributed by atoms with Gasteiger partial charge in [-0.25, -0.2) is 4.39 Å². The lowest BCUT2D eigenvalue weighted by Gasteiger charge is -2.47. The number of rotatable bonds is 3. The summed E-state index contributed by atoms with van der Waals surface area (Å²) in [6.07, 6.45) is 5.95. The lowest BCUT2D eigenvalue weighted by atomic mass is 9.55. The Balaban J connectivity index is 1.56. The Bertz CT molecular complexity index is 1240. The molecule has 2 aromatic rings. The smallest absolute Gasteiger partial charge is 0.238 e. The molecule has 3 fully saturated rings. The third-order valence-electron chi connectivity index (χ3n) is 8.99. The van der Waals surface area contributed by atoms with E-state index in [2.05, 4.69) is 21.3 Å². The fraction of sp³-hybridized carbons (Fsp3) is 0.500. The third-order valence-corrected chi connectivity index (χ3v) is 9.52. The van der Waals surface area contributed by atoms with Gasteiger partial charge in [0, 0.05) is 28.2 Å². The summed E-state index contributed by atoms with van der Waals surface area (Å²) in [7, 11) is 0. The number of nitrogens with one attached hydrogen (secondary N) is 4. The zero-order valence-electron chi connectivity index (χ0n) is 20.5. The molecule has 196 valence electrons. The SMILES string of the molecule is O=C(NC1CCNCC1)[C@@H]1NC2(CCCCC2)[C@@]2(C(=O)Nc3cc(Cl)ccc32)[C@H]1c1cccc(Cl)c1F. The second kappa shape index (κ2) is 9.53. The number of carbonyl (C=O) groups is 2. The zero-order chi connectivity index (χ0) is 25.8. The van der Waals surface area contributed by atoms with Crippen molar-refractivity contribution in [2.24, 2.45) is 0 Å². The molecule has 6 rings (SSSR count). The van der Waals surface area contributed by atoms with E-state index in [9.17, 15) is 9.59 Å². The van der Waals surface area contributed by atoms with Crippen LogP contribution in [0, 0.1) is 5.82 Å². The first-order chi connectivity index (χ1) is 17.9. The van der Waals surface area contributed by atoms with Gasteiger partial charge in [-0.3, -0.25) is 14.9 Å². The fourth-order valence-corrected chi connectivity index (χ4v) is 7.83. The number of piperidine rings is 1. The lowest BCUT2D eigenvalue weighted by molar-refractivity contribution is -0.124. The molecule has 0 aromatic heterocycles. The summed E-state index contributed by atoms with van der Waals surface area (Å²) < 4.78 is 15.9. The summed E-state index contributed by atoms with van der Waals surface area (Å²) in [4.78, 5) is 28.3. The number of benzene rings is 2. The number of fused-ring (bicyclic) bond motifs is 3. The van der Waals surface area contributed by atoms with E-state index in [1.54, 1.807) is 24.3 Å². The largest absolute Gasteiger partial charge is 0.352 e. The van der Waals surface area contributed by atoms with Crippen molar-refractivity contribution in [3.63, 3.8) is 0 Å². The Labute approximate surface area is 226 Å². The molecule has 2 spiro atoms. The van der Waals surface area contributed by atoms with Gasteiger partial charge in [-0.1, -0.05) is 60.7 Å². The maximum absolute atomic E-state index is 15.9. The summed E-state index contributed by atoms with van der Waals surface area (Å²) in [6, 6.07) is 9.46. The van der Waals surface area contributed by atoms with Crippen LogP contribution in [0.4, 0.5) is 10.1 Å². The number of carbonyl (C=O) groups excluding carboxylic acids is 2. The maximum atomic E-state index is 15.9. The van der Waals surface area contributed by atoms with Crippen LogP contribution in [0.2, 0.25) is 10.0 Å². The summed E-state index contributed by atoms with van der Waals surface area (Å²) in [5.41, 5.74) is -0.251. The lowest BCUT2D eigenvalue weighted by Crippen LogP contribution is -2.60. The van der Waals surface area contributed by atoms with Crippen molar-refractivity contribution in [3.05, 3.63) is 63.4 Å². The van der Waals surface area contributed by atoms with Gasteiger partial charge in [-0.05, 0) is 68.1 Å². The molecule has 2 amide bonds. The first-order valence-electron chi connectivity index (χ1n) is 13.2. The van der Waals surface area contributed by atoms with Gasteiger partial charge in [-0.2, -0.15) is 0 Å². The van der Waals surface area contributed by atoms with Crippen LogP contribution in [0.1, 0.15) is 62.0 Å². The molecule has 3 heterocycles. The second-order valence-electron chi connectivity index (χ2n) is 10.9. The van der Waals surface area contributed by atoms with Gasteiger partial charge >= 0.3 is 0 Å². The average Bonchev–Trinajstić information content (AvgIpc) is 3.34. The molecule has 2 aromatic carbocycles. The molecule has 4 aliphatic rings. The van der Waals surface area contributed by atoms with Crippen LogP contribution in [0.3, 0.4) is 0 Å². The average molecular weight is 545 g/mol. The molecule has 0 radical (unpaired) electrons. The van der Waals surface area contributed by atoms with Crippen molar-refractivity contribution in [2.45, 2.75) is 73.9 Å². The van der Waals surface area contributed by atoms with E-state index >= 15 is 4.39 Å². The van der Waals surface area contributed by atoms with E-state index in [-0.39, 0.29) is 28.4 Å². The number of amides is 2. The fourth-order valence-electron chi connectivity index (χ4n) is 7.47. The standard InChI is InChI=1S/C28H31Cl2FN4O2/c29-16-7-8-19-21(15-16)34-26(37)28(19)22(18-5-4-6-20(30)23(18)31)24(35-27(28)11-2-1-3-12-27)25(36)33-17-9-13-32-14-10-17/h4-8,15,17,22,24,32,35H,1-3,9-14H2,(H,33,36)(H,34,37)/t22-,24+,28+/m0/s1. The van der Waals surface area contributed by atoms with Crippen LogP contribution in [0.15, 0.2) is 36.4 Å². The van der Waals surface area contributed by atoms with Crippen LogP contribution in [0.5, 0.6) is 0 Å². The van der Waals surface area contributed by atoms with Crippen molar-refractivity contribution in [3.8, 4) is 0 Å². The molecular weight excluding hydrogens is 514 g/mol. The molecular formula is C28H31Cl2FN4O2. The Morgan fingerprint density at radius 2 is 1.81 bits per heavy atom. The highest BCUT2D eigenvalue weighted by Crippen LogP contribution is 2.62. The Hall–Kier alpha value is -2.19. The van der Waals surface area contributed by atoms with Gasteiger partial charge in [0.2, 0.25) is 11.8 Å². The van der Waals surface area contributed by atoms with Crippen molar-refractivity contribution in [1.82, 2.24) is 16.0 Å². The quantitative estimate of drug-likeness (QED) is 0.453. The summed E-state index contributed by atoms with van der Waals surface area (Å²) in [5, 5.41) is 13.8. The first kappa shape index (κ1) is 25.1. The van der Waals surface area contributed by atoms with Gasteiger partial charge in [0.05, 0.1) is 11.1 Å². The minimum atomic E-state index is -1.20. The molecule has 4 N–H and O–H groups in total. The van der Waals surface area contributed by atoms with E-state index in [1.807, 2.05) is 6.07 Å². The predicted molar refractivity (Wildman–Crippen MR) is 143 cm³/mol. The van der Waals surface area contributed by atoms with Crippen LogP contribution in [-0.4, -0.2) is 42.5 Å². The topological polar surface area (TPSA) is 82.3 Å². The molecule has 1 aliphatic carbocycles. The molecule has 3 atom stereocenters. The summed E-state index contributed by atoms with van der Waals surface area (Å²) >= 11 is 12.6. The number of hydrogen-bond acceptors (Lipinski definition) is 4. The van der Waals surface area contributed by atoms with Gasteiger partial charge in [-0.15, -0.1) is 0 Å². The number of anilines is 1. The van der Waals surface area contributed by atoms with Gasteiger partial charge in [0.1, 0.15) is 11.2 Å². The molecule has 37 heavy (non-hydrogen) atoms. The highest BCUT2D eigenvalue weighted by molar-refractivity contribution is 6.31. The normalized spacial score (nSPS) is 28.9. The summed E-state index contributed by atoms with van der Waals surface area (Å²) in [5.74, 6) is -1.81. The Morgan fingerprint density at radius 3 is 2.57 bits per heavy atom. The first-order valence-corrected chi connectivity index (χ1v) is 14.0. The van der Waals surface area contributed by atoms with E-state index in [0.29, 0.717) is 23.6 Å². The molecule has 1 saturated carbocycles. The van der Waals surface area contributed by atoms with E-state index < -0.39 is 28.7 Å². The van der Waals surface area contributed by atoms with Crippen molar-refractivity contribution in [1.29, 1.82) is 0 Å². The summed E-state index contributed by atoms with van der Waals surface area (Å²) in [6.45, 7) is 1.67. The second-order valence-corrected chi connectivity index (χ2v) is 11.7. The van der Waals surface area contributed by atoms with E-state index in [4.69, 9.17) is 23.2 Å². The number of halogens is 3. The van der Waals surface area contributed by atoms with Crippen molar-refractivity contribution in [2.75, 3.05) is 18.4 Å². The van der Waals surface area contributed by atoms with Gasteiger partial charge < -0.3 is 16.0 Å². The van der Waals surface area contributed by atoms with Crippen LogP contribution >= 0.6 is 23.2 Å². The molecule has 6 nitrogen and oxygen atoms in total. The third kappa shape index (κ3) is 3.81. The monoisotopic (exact) mass is 544 g/mol. The Morgan fingerprint density at radius 1 is 1.05 bits per heavy atom. The highest BCUT2D eigenvalue weighted by Gasteiger charge is 2.72. The van der Waals surface area contributed by atoms with Crippen LogP contribution in [-0.2, 0) is 15.0 Å². The molecule has 2 saturated heterocycles. The van der Waals surface area contributed by atoms with Gasteiger partial charge in [0.25, 0.3) is 0 Å². The van der Waals surface area contributed by atoms with Crippen molar-refractivity contribution >= 4 is 40.7 Å². The minimum Gasteiger partial charge on any atom is -0.352 e. The Kier molecular flexibility index (Phi) is 6.46. The van der Waals surface area contributed by atoms with Crippen LogP contribution < -0.4 is 21.3 Å². The highest BCUT2D eigenvalue weighted by atomic mass is 35.5. The molecule has 0 unspecified atom stereocenters. The van der Waals surface area contributed by atoms with Gasteiger partial charge in [0.15, 0.2) is 0 Å². The minimum absolute atomic E-state index is 0.0236. The molecule has 0 bridgehead atoms. The van der Waals surface area contributed by atoms with E-state index in [1.165, 1.54) is 6.07 Å². The zero-order valence-corrected chi connectivity index (χ0v) is 22.0. The van der Waals surface area contributed by atoms with Crippen molar-refractivity contribution < 1.29 is 14.0 Å². The van der Waals surface area contributed by atoms with E-state index in [0.717, 1.165) is 50.8 Å². The maximum Gasteiger partial charge on any atom is 0.238 e. The number of hydrogen-bond donors (Lipinski definition) is 4. The predicted octanol–water partition coefficient (Wildman–Crippen LogP) is 4.65.